The van der Waals surface area contributed by atoms with Crippen molar-refractivity contribution < 1.29 is 18.3 Å². The Hall–Kier alpha value is -1.74. The molecule has 0 spiro atoms. The van der Waals surface area contributed by atoms with Gasteiger partial charge in [-0.05, 0) is 37.5 Å². The molecule has 0 aliphatic rings. The molecule has 21 heavy (non-hydrogen) atoms. The van der Waals surface area contributed by atoms with E-state index in [1.54, 1.807) is 13.0 Å². The largest absolute Gasteiger partial charge is 0.416 e. The molecule has 1 aromatic rings. The number of rotatable bonds is 5. The predicted molar refractivity (Wildman–Crippen MR) is 74.7 cm³/mol. The van der Waals surface area contributed by atoms with Gasteiger partial charge in [-0.1, -0.05) is 13.8 Å². The number of aliphatic hydroxyl groups is 1. The van der Waals surface area contributed by atoms with E-state index in [9.17, 15) is 18.3 Å². The van der Waals surface area contributed by atoms with E-state index in [0.29, 0.717) is 6.42 Å². The molecule has 2 N–H and O–H groups in total. The number of nitrogens with one attached hydrogen (secondary N) is 1. The number of halogens is 3. The summed E-state index contributed by atoms with van der Waals surface area (Å²) in [6.07, 6.45) is -3.93. The maximum Gasteiger partial charge on any atom is 0.416 e. The summed E-state index contributed by atoms with van der Waals surface area (Å²) in [5, 5.41) is 22.0. The molecule has 0 bridgehead atoms. The second kappa shape index (κ2) is 6.35. The normalized spacial score (nSPS) is 14.6. The van der Waals surface area contributed by atoms with Crippen LogP contribution in [-0.4, -0.2) is 17.3 Å². The number of anilines is 1. The highest BCUT2D eigenvalue weighted by atomic mass is 19.4. The molecule has 116 valence electrons. The van der Waals surface area contributed by atoms with Crippen molar-refractivity contribution in [1.82, 2.24) is 0 Å². The third-order valence-corrected chi connectivity index (χ3v) is 2.98. The van der Waals surface area contributed by atoms with Gasteiger partial charge in [0.1, 0.15) is 6.07 Å². The molecule has 0 aromatic heterocycles. The number of hydrogen-bond donors (Lipinski definition) is 2. The van der Waals surface area contributed by atoms with Crippen LogP contribution in [-0.2, 0) is 6.18 Å². The Bertz CT molecular complexity index is 531. The zero-order valence-electron chi connectivity index (χ0n) is 12.3. The number of nitrogens with zero attached hydrogens (tertiary/aromatic N) is 1. The van der Waals surface area contributed by atoms with E-state index < -0.39 is 17.3 Å². The van der Waals surface area contributed by atoms with Crippen LogP contribution in [0.4, 0.5) is 18.9 Å². The molecule has 0 amide bonds. The van der Waals surface area contributed by atoms with Gasteiger partial charge in [-0.15, -0.1) is 0 Å². The molecule has 1 atom stereocenters. The van der Waals surface area contributed by atoms with Gasteiger partial charge < -0.3 is 10.4 Å². The van der Waals surface area contributed by atoms with E-state index in [-0.39, 0.29) is 23.7 Å². The summed E-state index contributed by atoms with van der Waals surface area (Å²) < 4.78 is 37.8. The Morgan fingerprint density at radius 1 is 1.33 bits per heavy atom. The minimum Gasteiger partial charge on any atom is -0.388 e. The summed E-state index contributed by atoms with van der Waals surface area (Å²) in [6, 6.07) is 4.68. The Labute approximate surface area is 122 Å². The summed E-state index contributed by atoms with van der Waals surface area (Å²) >= 11 is 0. The topological polar surface area (TPSA) is 56.0 Å². The van der Waals surface area contributed by atoms with Crippen LogP contribution in [0.3, 0.4) is 0 Å². The molecule has 0 radical (unpaired) electrons. The lowest BCUT2D eigenvalue weighted by Crippen LogP contribution is -2.35. The fourth-order valence-electron chi connectivity index (χ4n) is 2.20. The standard InChI is InChI=1S/C15H19F3N2O/c1-10(2)7-14(3,21)9-20-13-5-4-12(15(16,17)18)6-11(13)8-19/h4-6,10,20-21H,7,9H2,1-3H3. The number of nitriles is 1. The average molecular weight is 300 g/mol. The molecule has 0 saturated heterocycles. The van der Waals surface area contributed by atoms with Crippen molar-refractivity contribution in [2.45, 2.75) is 39.0 Å². The van der Waals surface area contributed by atoms with Gasteiger partial charge in [0.05, 0.1) is 22.4 Å². The van der Waals surface area contributed by atoms with Gasteiger partial charge in [0.15, 0.2) is 0 Å². The minimum atomic E-state index is -4.48. The van der Waals surface area contributed by atoms with E-state index in [2.05, 4.69) is 5.32 Å². The first kappa shape index (κ1) is 17.3. The van der Waals surface area contributed by atoms with Gasteiger partial charge in [-0.2, -0.15) is 18.4 Å². The Morgan fingerprint density at radius 3 is 2.43 bits per heavy atom. The van der Waals surface area contributed by atoms with E-state index in [1.165, 1.54) is 6.07 Å². The fraction of sp³-hybridized carbons (Fsp3) is 0.533. The molecule has 1 rings (SSSR count). The zero-order valence-corrected chi connectivity index (χ0v) is 12.3. The van der Waals surface area contributed by atoms with Crippen molar-refractivity contribution in [3.63, 3.8) is 0 Å². The molecule has 0 saturated carbocycles. The summed E-state index contributed by atoms with van der Waals surface area (Å²) in [7, 11) is 0. The van der Waals surface area contributed by atoms with E-state index >= 15 is 0 Å². The Balaban J connectivity index is 2.88. The lowest BCUT2D eigenvalue weighted by atomic mass is 9.94. The van der Waals surface area contributed by atoms with Crippen LogP contribution < -0.4 is 5.32 Å². The van der Waals surface area contributed by atoms with Crippen LogP contribution in [0.25, 0.3) is 0 Å². The lowest BCUT2D eigenvalue weighted by Gasteiger charge is -2.26. The van der Waals surface area contributed by atoms with Gasteiger partial charge in [0, 0.05) is 6.54 Å². The molecule has 0 heterocycles. The van der Waals surface area contributed by atoms with Gasteiger partial charge in [-0.3, -0.25) is 0 Å². The SMILES string of the molecule is CC(C)CC(C)(O)CNc1ccc(C(F)(F)F)cc1C#N. The van der Waals surface area contributed by atoms with Crippen LogP contribution in [0.2, 0.25) is 0 Å². The fourth-order valence-corrected chi connectivity index (χ4v) is 2.20. The van der Waals surface area contributed by atoms with E-state index in [1.807, 2.05) is 13.8 Å². The number of benzene rings is 1. The highest BCUT2D eigenvalue weighted by Gasteiger charge is 2.31. The molecule has 0 aliphatic carbocycles. The Kier molecular flexibility index (Phi) is 5.24. The summed E-state index contributed by atoms with van der Waals surface area (Å²) in [6.45, 7) is 5.74. The second-order valence-electron chi connectivity index (χ2n) is 5.82. The first-order valence-corrected chi connectivity index (χ1v) is 6.63. The summed E-state index contributed by atoms with van der Waals surface area (Å²) in [5.74, 6) is 0.282. The van der Waals surface area contributed by atoms with Crippen molar-refractivity contribution in [3.05, 3.63) is 29.3 Å². The van der Waals surface area contributed by atoms with Crippen molar-refractivity contribution in [3.8, 4) is 6.07 Å². The van der Waals surface area contributed by atoms with Crippen molar-refractivity contribution in [1.29, 1.82) is 5.26 Å². The van der Waals surface area contributed by atoms with Gasteiger partial charge >= 0.3 is 6.18 Å². The van der Waals surface area contributed by atoms with Crippen molar-refractivity contribution in [2.24, 2.45) is 5.92 Å². The molecule has 1 aromatic carbocycles. The zero-order chi connectivity index (χ0) is 16.3. The van der Waals surface area contributed by atoms with E-state index in [4.69, 9.17) is 5.26 Å². The smallest absolute Gasteiger partial charge is 0.388 e. The molecule has 6 heteroatoms. The van der Waals surface area contributed by atoms with Gasteiger partial charge in [-0.25, -0.2) is 0 Å². The Morgan fingerprint density at radius 2 is 1.95 bits per heavy atom. The highest BCUT2D eigenvalue weighted by Crippen LogP contribution is 2.31. The molecular weight excluding hydrogens is 281 g/mol. The summed E-state index contributed by atoms with van der Waals surface area (Å²) in [5.41, 5.74) is -1.66. The van der Waals surface area contributed by atoms with Crippen LogP contribution in [0.1, 0.15) is 38.3 Å². The number of hydrogen-bond acceptors (Lipinski definition) is 3. The molecule has 0 aliphatic heterocycles. The third kappa shape index (κ3) is 5.27. The quantitative estimate of drug-likeness (QED) is 0.870. The first-order chi connectivity index (χ1) is 9.55. The molecule has 3 nitrogen and oxygen atoms in total. The monoisotopic (exact) mass is 300 g/mol. The van der Waals surface area contributed by atoms with Crippen molar-refractivity contribution >= 4 is 5.69 Å². The lowest BCUT2D eigenvalue weighted by molar-refractivity contribution is -0.137. The van der Waals surface area contributed by atoms with Crippen LogP contribution in [0.15, 0.2) is 18.2 Å². The third-order valence-electron chi connectivity index (χ3n) is 2.98. The maximum absolute atomic E-state index is 12.6. The summed E-state index contributed by atoms with van der Waals surface area (Å²) in [4.78, 5) is 0. The molecule has 1 unspecified atom stereocenters. The highest BCUT2D eigenvalue weighted by molar-refractivity contribution is 5.59. The first-order valence-electron chi connectivity index (χ1n) is 6.63. The molecule has 0 fully saturated rings. The van der Waals surface area contributed by atoms with Crippen LogP contribution >= 0.6 is 0 Å². The van der Waals surface area contributed by atoms with Gasteiger partial charge in [0.25, 0.3) is 0 Å². The van der Waals surface area contributed by atoms with Crippen LogP contribution in [0.5, 0.6) is 0 Å². The second-order valence-corrected chi connectivity index (χ2v) is 5.82. The minimum absolute atomic E-state index is 0.0924. The van der Waals surface area contributed by atoms with E-state index in [0.717, 1.165) is 12.1 Å². The molecular formula is C15H19F3N2O. The predicted octanol–water partition coefficient (Wildman–Crippen LogP) is 3.79. The number of alkyl halides is 3. The maximum atomic E-state index is 12.6. The average Bonchev–Trinajstić information content (AvgIpc) is 2.33. The van der Waals surface area contributed by atoms with Crippen LogP contribution in [0, 0.1) is 17.2 Å². The van der Waals surface area contributed by atoms with Gasteiger partial charge in [0.2, 0.25) is 0 Å². The van der Waals surface area contributed by atoms with Crippen molar-refractivity contribution in [2.75, 3.05) is 11.9 Å².